The number of nitrogens with zero attached hydrogens (tertiary/aromatic N) is 1. The van der Waals surface area contributed by atoms with Gasteiger partial charge in [-0.05, 0) is 45.1 Å². The molecule has 0 aromatic rings. The molecule has 1 heterocycles. The molecule has 2 aliphatic rings. The van der Waals surface area contributed by atoms with E-state index in [9.17, 15) is 29.1 Å². The van der Waals surface area contributed by atoms with Gasteiger partial charge in [0, 0.05) is 25.8 Å². The van der Waals surface area contributed by atoms with Gasteiger partial charge in [0.15, 0.2) is 5.78 Å². The summed E-state index contributed by atoms with van der Waals surface area (Å²) < 4.78 is 0. The largest absolute Gasteiger partial charge is 0.480 e. The van der Waals surface area contributed by atoms with Crippen molar-refractivity contribution in [2.75, 3.05) is 13.1 Å². The van der Waals surface area contributed by atoms with Crippen LogP contribution >= 0.6 is 0 Å². The lowest BCUT2D eigenvalue weighted by atomic mass is 9.82. The predicted octanol–water partition coefficient (Wildman–Crippen LogP) is -0.450. The summed E-state index contributed by atoms with van der Waals surface area (Å²) in [4.78, 5) is 62.1. The lowest BCUT2D eigenvalue weighted by Crippen LogP contribution is -2.53. The Bertz CT molecular complexity index is 682. The number of carbonyl (C=O) groups excluding carboxylic acids is 4. The maximum Gasteiger partial charge on any atom is 0.326 e. The summed E-state index contributed by atoms with van der Waals surface area (Å²) in [5.74, 6) is -2.89. The van der Waals surface area contributed by atoms with Crippen LogP contribution in [0.25, 0.3) is 0 Å². The Kier molecular flexibility index (Phi) is 8.76. The van der Waals surface area contributed by atoms with Crippen molar-refractivity contribution in [1.82, 2.24) is 15.5 Å². The lowest BCUT2D eigenvalue weighted by Gasteiger charge is -2.31. The number of Topliss-reactive ketones (excluding diaryl/α,β-unsaturated/α-hetero) is 1. The van der Waals surface area contributed by atoms with Crippen molar-refractivity contribution in [2.24, 2.45) is 11.7 Å². The molecule has 0 aromatic heterocycles. The number of likely N-dealkylation sites (tertiary alicyclic amines) is 1. The lowest BCUT2D eigenvalue weighted by molar-refractivity contribution is -0.149. The van der Waals surface area contributed by atoms with Crippen LogP contribution in [-0.2, 0) is 24.0 Å². The molecule has 10 heteroatoms. The Labute approximate surface area is 175 Å². The number of carbonyl (C=O) groups is 5. The van der Waals surface area contributed by atoms with Gasteiger partial charge in [0.25, 0.3) is 0 Å². The molecule has 5 N–H and O–H groups in total. The second-order valence-electron chi connectivity index (χ2n) is 8.06. The van der Waals surface area contributed by atoms with E-state index < -0.39 is 35.9 Å². The number of carboxylic acid groups (broad SMARTS) is 1. The first-order chi connectivity index (χ1) is 14.2. The number of carboxylic acids is 1. The van der Waals surface area contributed by atoms with Gasteiger partial charge in [0.1, 0.15) is 12.1 Å². The summed E-state index contributed by atoms with van der Waals surface area (Å²) >= 11 is 0. The molecule has 1 saturated carbocycles. The number of ketones is 1. The number of nitrogens with one attached hydrogen (secondary N) is 2. The van der Waals surface area contributed by atoms with Gasteiger partial charge in [-0.1, -0.05) is 6.42 Å². The molecule has 0 spiro atoms. The maximum atomic E-state index is 12.9. The van der Waals surface area contributed by atoms with E-state index >= 15 is 0 Å². The Morgan fingerprint density at radius 2 is 1.93 bits per heavy atom. The molecule has 168 valence electrons. The summed E-state index contributed by atoms with van der Waals surface area (Å²) in [7, 11) is 0. The van der Waals surface area contributed by atoms with E-state index in [0.717, 1.165) is 0 Å². The fraction of sp³-hybridized carbons (Fsp3) is 0.750. The molecule has 1 aliphatic carbocycles. The van der Waals surface area contributed by atoms with Gasteiger partial charge < -0.3 is 26.4 Å². The summed E-state index contributed by atoms with van der Waals surface area (Å²) in [5, 5.41) is 14.6. The highest BCUT2D eigenvalue weighted by Gasteiger charge is 2.38. The Balaban J connectivity index is 1.96. The third kappa shape index (κ3) is 6.25. The maximum absolute atomic E-state index is 12.9. The van der Waals surface area contributed by atoms with Gasteiger partial charge in [0.2, 0.25) is 17.7 Å². The van der Waals surface area contributed by atoms with E-state index in [1.807, 2.05) is 0 Å². The van der Waals surface area contributed by atoms with Gasteiger partial charge in [0.05, 0.1) is 6.04 Å². The zero-order valence-electron chi connectivity index (χ0n) is 17.4. The molecule has 30 heavy (non-hydrogen) atoms. The van der Waals surface area contributed by atoms with Gasteiger partial charge >= 0.3 is 5.97 Å². The van der Waals surface area contributed by atoms with Crippen LogP contribution in [0.15, 0.2) is 0 Å². The molecule has 4 atom stereocenters. The van der Waals surface area contributed by atoms with Crippen molar-refractivity contribution < 1.29 is 29.1 Å². The highest BCUT2D eigenvalue weighted by Crippen LogP contribution is 2.27. The minimum Gasteiger partial charge on any atom is -0.480 e. The number of rotatable bonds is 9. The van der Waals surface area contributed by atoms with Gasteiger partial charge in [-0.2, -0.15) is 0 Å². The van der Waals surface area contributed by atoms with Crippen LogP contribution in [0.4, 0.5) is 0 Å². The van der Waals surface area contributed by atoms with Crippen molar-refractivity contribution in [3.8, 4) is 0 Å². The van der Waals surface area contributed by atoms with Crippen LogP contribution in [0.2, 0.25) is 0 Å². The quantitative estimate of drug-likeness (QED) is 0.390. The third-order valence-corrected chi connectivity index (χ3v) is 5.78. The van der Waals surface area contributed by atoms with Crippen molar-refractivity contribution in [2.45, 2.75) is 76.4 Å². The third-order valence-electron chi connectivity index (χ3n) is 5.78. The molecule has 10 nitrogen and oxygen atoms in total. The Morgan fingerprint density at radius 3 is 2.57 bits per heavy atom. The first-order valence-corrected chi connectivity index (χ1v) is 10.6. The molecule has 1 saturated heterocycles. The topological polar surface area (TPSA) is 159 Å². The molecule has 1 aliphatic heterocycles. The molecule has 0 aromatic carbocycles. The van der Waals surface area contributed by atoms with Crippen LogP contribution in [0.3, 0.4) is 0 Å². The molecule has 0 radical (unpaired) electrons. The SMILES string of the molecule is CC(=O)N[C@@H](CCCN)C(=O)N[C@@H]1CCC[C@H](CC(=O)N2CCC[C@H]2C(=O)O)C1=O. The van der Waals surface area contributed by atoms with E-state index in [2.05, 4.69) is 10.6 Å². The van der Waals surface area contributed by atoms with Crippen LogP contribution in [0.1, 0.15) is 58.3 Å². The van der Waals surface area contributed by atoms with Crippen molar-refractivity contribution in [3.05, 3.63) is 0 Å². The summed E-state index contributed by atoms with van der Waals surface area (Å²) in [5.41, 5.74) is 5.49. The first-order valence-electron chi connectivity index (χ1n) is 10.6. The summed E-state index contributed by atoms with van der Waals surface area (Å²) in [6, 6.07) is -2.30. The standard InChI is InChI=1S/C20H32N4O6/c1-12(25)22-15(7-3-9-21)19(28)23-14-6-2-5-13(18(14)27)11-17(26)24-10-4-8-16(24)20(29)30/h13-16H,2-11,21H2,1H3,(H,22,25)(H,23,28)(H,29,30)/t13-,14-,15+,16+/m1/s1. The van der Waals surface area contributed by atoms with Crippen molar-refractivity contribution >= 4 is 29.5 Å². The predicted molar refractivity (Wildman–Crippen MR) is 107 cm³/mol. The van der Waals surface area contributed by atoms with E-state index in [1.54, 1.807) is 0 Å². The molecule has 3 amide bonds. The average molecular weight is 424 g/mol. The van der Waals surface area contributed by atoms with Crippen molar-refractivity contribution in [3.63, 3.8) is 0 Å². The minimum atomic E-state index is -1.03. The molecular formula is C20H32N4O6. The number of hydrogen-bond donors (Lipinski definition) is 4. The van der Waals surface area contributed by atoms with Gasteiger partial charge in [-0.15, -0.1) is 0 Å². The normalized spacial score (nSPS) is 24.9. The molecule has 0 unspecified atom stereocenters. The number of aliphatic carboxylic acids is 1. The van der Waals surface area contributed by atoms with Crippen molar-refractivity contribution in [1.29, 1.82) is 0 Å². The zero-order chi connectivity index (χ0) is 22.3. The van der Waals surface area contributed by atoms with Crippen LogP contribution in [0.5, 0.6) is 0 Å². The number of amides is 3. The highest BCUT2D eigenvalue weighted by atomic mass is 16.4. The van der Waals surface area contributed by atoms with Crippen LogP contribution in [-0.4, -0.2) is 70.7 Å². The average Bonchev–Trinajstić information content (AvgIpc) is 3.18. The summed E-state index contributed by atoms with van der Waals surface area (Å²) in [6.45, 7) is 2.08. The minimum absolute atomic E-state index is 0.0444. The smallest absolute Gasteiger partial charge is 0.326 e. The molecule has 2 fully saturated rings. The molecule has 2 rings (SSSR count). The first kappa shape index (κ1) is 23.8. The fourth-order valence-electron chi connectivity index (χ4n) is 4.24. The second kappa shape index (κ2) is 11.1. The van der Waals surface area contributed by atoms with E-state index in [4.69, 9.17) is 5.73 Å². The summed E-state index contributed by atoms with van der Waals surface area (Å²) in [6.07, 6.45) is 3.61. The molecular weight excluding hydrogens is 392 g/mol. The van der Waals surface area contributed by atoms with Crippen LogP contribution in [0, 0.1) is 5.92 Å². The number of nitrogens with two attached hydrogens (primary N) is 1. The van der Waals surface area contributed by atoms with E-state index in [0.29, 0.717) is 58.0 Å². The van der Waals surface area contributed by atoms with Crippen LogP contribution < -0.4 is 16.4 Å². The highest BCUT2D eigenvalue weighted by molar-refractivity contribution is 5.96. The van der Waals surface area contributed by atoms with E-state index in [1.165, 1.54) is 11.8 Å². The number of hydrogen-bond acceptors (Lipinski definition) is 6. The Morgan fingerprint density at radius 1 is 1.20 bits per heavy atom. The second-order valence-corrected chi connectivity index (χ2v) is 8.06. The van der Waals surface area contributed by atoms with E-state index in [-0.39, 0.29) is 24.0 Å². The molecule has 0 bridgehead atoms. The van der Waals surface area contributed by atoms with Gasteiger partial charge in [-0.25, -0.2) is 4.79 Å². The monoisotopic (exact) mass is 424 g/mol. The van der Waals surface area contributed by atoms with Gasteiger partial charge in [-0.3, -0.25) is 19.2 Å². The Hall–Kier alpha value is -2.49. The fourth-order valence-corrected chi connectivity index (χ4v) is 4.24. The zero-order valence-corrected chi connectivity index (χ0v) is 17.4.